The highest BCUT2D eigenvalue weighted by atomic mass is 16.4. The second kappa shape index (κ2) is 23.2. The van der Waals surface area contributed by atoms with Gasteiger partial charge in [-0.15, -0.1) is 0 Å². The summed E-state index contributed by atoms with van der Waals surface area (Å²) >= 11 is 0. The number of amides is 6. The van der Waals surface area contributed by atoms with E-state index in [1.54, 1.807) is 31.2 Å². The molecule has 12 N–H and O–H groups in total. The van der Waals surface area contributed by atoms with Gasteiger partial charge in [0.1, 0.15) is 36.3 Å². The van der Waals surface area contributed by atoms with E-state index in [0.29, 0.717) is 12.1 Å². The molecule has 328 valence electrons. The maximum absolute atomic E-state index is 14.0. The Morgan fingerprint density at radius 2 is 1.48 bits per heavy atom. The molecule has 1 aliphatic heterocycles. The Bertz CT molecular complexity index is 1830. The van der Waals surface area contributed by atoms with Gasteiger partial charge in [-0.1, -0.05) is 50.6 Å². The summed E-state index contributed by atoms with van der Waals surface area (Å²) in [5.41, 5.74) is 7.48. The van der Waals surface area contributed by atoms with Crippen LogP contribution in [0.4, 0.5) is 0 Å². The molecule has 1 aromatic carbocycles. The molecule has 0 bridgehead atoms. The predicted molar refractivity (Wildman–Crippen MR) is 208 cm³/mol. The maximum atomic E-state index is 14.0. The number of rotatable bonds is 24. The number of imidazole rings is 1. The van der Waals surface area contributed by atoms with E-state index in [9.17, 15) is 58.5 Å². The highest BCUT2D eigenvalue weighted by molar-refractivity contribution is 5.98. The van der Waals surface area contributed by atoms with Crippen molar-refractivity contribution in [3.63, 3.8) is 0 Å². The van der Waals surface area contributed by atoms with E-state index in [0.717, 1.165) is 5.56 Å². The number of carbonyl (C=O) groups is 9. The summed E-state index contributed by atoms with van der Waals surface area (Å²) in [5, 5.41) is 49.8. The van der Waals surface area contributed by atoms with Crippen molar-refractivity contribution >= 4 is 53.4 Å². The summed E-state index contributed by atoms with van der Waals surface area (Å²) in [6.07, 6.45) is 1.69. The number of H-pyrrole nitrogens is 1. The molecule has 0 saturated carbocycles. The number of carboxylic acid groups (broad SMARTS) is 3. The Morgan fingerprint density at radius 1 is 0.833 bits per heavy atom. The van der Waals surface area contributed by atoms with Crippen LogP contribution in [0.3, 0.4) is 0 Å². The van der Waals surface area contributed by atoms with Gasteiger partial charge in [-0.05, 0) is 37.2 Å². The topological polar surface area (TPSA) is 353 Å². The molecule has 60 heavy (non-hydrogen) atoms. The van der Waals surface area contributed by atoms with E-state index in [1.807, 2.05) is 6.07 Å². The lowest BCUT2D eigenvalue weighted by atomic mass is 9.97. The third kappa shape index (κ3) is 14.4. The first-order chi connectivity index (χ1) is 28.4. The smallest absolute Gasteiger partial charge is 0.326 e. The van der Waals surface area contributed by atoms with E-state index in [4.69, 9.17) is 10.8 Å². The van der Waals surface area contributed by atoms with Crippen molar-refractivity contribution in [3.05, 3.63) is 54.1 Å². The molecule has 8 atom stereocenters. The number of aliphatic carboxylic acids is 3. The summed E-state index contributed by atoms with van der Waals surface area (Å²) in [6.45, 7) is 2.25. The highest BCUT2D eigenvalue weighted by Crippen LogP contribution is 2.20. The van der Waals surface area contributed by atoms with E-state index in [1.165, 1.54) is 24.3 Å². The number of nitrogens with zero attached hydrogens (tertiary/aromatic N) is 2. The minimum absolute atomic E-state index is 0.0351. The van der Waals surface area contributed by atoms with Crippen molar-refractivity contribution in [2.24, 2.45) is 11.7 Å². The van der Waals surface area contributed by atoms with Gasteiger partial charge in [0.25, 0.3) is 0 Å². The first-order valence-electron chi connectivity index (χ1n) is 19.3. The number of carbonyl (C=O) groups excluding carboxylic acids is 6. The Labute approximate surface area is 344 Å². The zero-order chi connectivity index (χ0) is 44.5. The van der Waals surface area contributed by atoms with Crippen LogP contribution >= 0.6 is 0 Å². The van der Waals surface area contributed by atoms with Crippen LogP contribution in [0.25, 0.3) is 0 Å². The number of benzene rings is 1. The number of aliphatic hydroxyl groups is 1. The molecular formula is C38H53N9O13. The van der Waals surface area contributed by atoms with Gasteiger partial charge in [-0.3, -0.25) is 38.4 Å². The molecule has 6 amide bonds. The lowest BCUT2D eigenvalue weighted by Crippen LogP contribution is -2.61. The third-order valence-electron chi connectivity index (χ3n) is 9.95. The van der Waals surface area contributed by atoms with Crippen molar-refractivity contribution in [2.75, 3.05) is 13.2 Å². The number of nitrogens with two attached hydrogens (primary N) is 1. The zero-order valence-corrected chi connectivity index (χ0v) is 33.2. The number of carboxylic acids is 3. The molecule has 1 fully saturated rings. The van der Waals surface area contributed by atoms with Crippen molar-refractivity contribution in [2.45, 2.75) is 108 Å². The highest BCUT2D eigenvalue weighted by Gasteiger charge is 2.40. The minimum atomic E-state index is -1.87. The van der Waals surface area contributed by atoms with Crippen LogP contribution in [0.1, 0.15) is 63.6 Å². The van der Waals surface area contributed by atoms with Crippen LogP contribution < -0.4 is 32.3 Å². The Kier molecular flexibility index (Phi) is 18.6. The fourth-order valence-electron chi connectivity index (χ4n) is 6.42. The number of nitrogens with one attached hydrogen (secondary N) is 6. The van der Waals surface area contributed by atoms with Crippen LogP contribution in [0.5, 0.6) is 0 Å². The average Bonchev–Trinajstić information content (AvgIpc) is 3.92. The van der Waals surface area contributed by atoms with Crippen molar-refractivity contribution in [3.8, 4) is 0 Å². The molecule has 1 saturated heterocycles. The monoisotopic (exact) mass is 843 g/mol. The van der Waals surface area contributed by atoms with E-state index < -0.39 is 127 Å². The van der Waals surface area contributed by atoms with E-state index >= 15 is 0 Å². The van der Waals surface area contributed by atoms with Gasteiger partial charge >= 0.3 is 17.9 Å². The van der Waals surface area contributed by atoms with Gasteiger partial charge in [-0.2, -0.15) is 0 Å². The van der Waals surface area contributed by atoms with E-state index in [-0.39, 0.29) is 32.2 Å². The first-order valence-corrected chi connectivity index (χ1v) is 19.3. The zero-order valence-electron chi connectivity index (χ0n) is 33.2. The largest absolute Gasteiger partial charge is 0.481 e. The van der Waals surface area contributed by atoms with Gasteiger partial charge < -0.3 is 62.6 Å². The standard InChI is InChI=1S/C38H53N9O13/c1-3-20(2)31(36(57)42-24(38(59)60)11-12-29(49)50)46-33(54)25(16-30(51)52)43-34(55)27(18-48)45-35(56)28-10-7-13-47(28)37(58)26(15-22-17-40-19-41-22)44-32(53)23(39)14-21-8-5-4-6-9-21/h4-6,8-9,17,19-20,23-28,31,48H,3,7,10-16,18,39H2,1-2H3,(H,40,41)(H,42,57)(H,43,55)(H,44,53)(H,45,56)(H,46,54)(H,49,50)(H,51,52)(H,59,60). The normalized spacial score (nSPS) is 17.1. The SMILES string of the molecule is CCC(C)C(NC(=O)C(CC(=O)O)NC(=O)C(CO)NC(=O)C1CCCN1C(=O)C(Cc1cnc[nH]1)NC(=O)C(N)Cc1ccccc1)C(=O)NC(CCC(=O)O)C(=O)O. The second-order valence-electron chi connectivity index (χ2n) is 14.4. The molecule has 8 unspecified atom stereocenters. The number of likely N-dealkylation sites (tertiary alicyclic amines) is 1. The number of aliphatic hydroxyl groups excluding tert-OH is 1. The molecular weight excluding hydrogens is 790 g/mol. The fourth-order valence-corrected chi connectivity index (χ4v) is 6.42. The van der Waals surface area contributed by atoms with Gasteiger partial charge in [0.05, 0.1) is 25.4 Å². The van der Waals surface area contributed by atoms with Gasteiger partial charge in [0.15, 0.2) is 0 Å². The molecule has 0 aliphatic carbocycles. The van der Waals surface area contributed by atoms with Gasteiger partial charge in [0, 0.05) is 31.3 Å². The Morgan fingerprint density at radius 3 is 2.07 bits per heavy atom. The average molecular weight is 844 g/mol. The Hall–Kier alpha value is -6.42. The number of hydrogen-bond donors (Lipinski definition) is 11. The molecule has 22 nitrogen and oxygen atoms in total. The Balaban J connectivity index is 1.73. The molecule has 1 aliphatic rings. The first kappa shape index (κ1) is 48.0. The summed E-state index contributed by atoms with van der Waals surface area (Å²) in [5.74, 6) is -10.6. The molecule has 3 rings (SSSR count). The fraction of sp³-hybridized carbons (Fsp3) is 0.526. The minimum Gasteiger partial charge on any atom is -0.481 e. The van der Waals surface area contributed by atoms with Crippen LogP contribution in [-0.4, -0.2) is 144 Å². The summed E-state index contributed by atoms with van der Waals surface area (Å²) in [7, 11) is 0. The quantitative estimate of drug-likeness (QED) is 0.0516. The summed E-state index contributed by atoms with van der Waals surface area (Å²) in [4.78, 5) is 123. The summed E-state index contributed by atoms with van der Waals surface area (Å²) in [6, 6.07) is -1.08. The molecule has 1 aromatic heterocycles. The molecule has 2 heterocycles. The summed E-state index contributed by atoms with van der Waals surface area (Å²) < 4.78 is 0. The lowest BCUT2D eigenvalue weighted by molar-refractivity contribution is -0.145. The van der Waals surface area contributed by atoms with Gasteiger partial charge in [0.2, 0.25) is 35.4 Å². The number of aromatic amines is 1. The molecule has 22 heteroatoms. The second-order valence-corrected chi connectivity index (χ2v) is 14.4. The predicted octanol–water partition coefficient (Wildman–Crippen LogP) is -2.60. The molecule has 0 spiro atoms. The molecule has 2 aromatic rings. The van der Waals surface area contributed by atoms with Crippen molar-refractivity contribution < 1.29 is 63.6 Å². The number of aromatic nitrogens is 2. The van der Waals surface area contributed by atoms with Crippen LogP contribution in [0.15, 0.2) is 42.9 Å². The molecule has 0 radical (unpaired) electrons. The van der Waals surface area contributed by atoms with Crippen LogP contribution in [0, 0.1) is 5.92 Å². The van der Waals surface area contributed by atoms with E-state index in [2.05, 4.69) is 36.6 Å². The third-order valence-corrected chi connectivity index (χ3v) is 9.95. The van der Waals surface area contributed by atoms with Crippen molar-refractivity contribution in [1.29, 1.82) is 0 Å². The number of hydrogen-bond acceptors (Lipinski definition) is 12. The van der Waals surface area contributed by atoms with Crippen LogP contribution in [-0.2, 0) is 56.0 Å². The lowest BCUT2D eigenvalue weighted by Gasteiger charge is -2.30. The van der Waals surface area contributed by atoms with Gasteiger partial charge in [-0.25, -0.2) is 9.78 Å². The maximum Gasteiger partial charge on any atom is 0.326 e. The van der Waals surface area contributed by atoms with Crippen molar-refractivity contribution in [1.82, 2.24) is 41.5 Å². The van der Waals surface area contributed by atoms with Crippen LogP contribution in [0.2, 0.25) is 0 Å².